The molecule has 0 heterocycles. The molecule has 4 N–H and O–H groups in total. The Hall–Kier alpha value is -2.68. The summed E-state index contributed by atoms with van der Waals surface area (Å²) in [5.74, 6) is -2.43. The van der Waals surface area contributed by atoms with Crippen molar-refractivity contribution in [1.29, 1.82) is 0 Å². The second kappa shape index (κ2) is 29.4. The zero-order chi connectivity index (χ0) is 32.0. The van der Waals surface area contributed by atoms with E-state index in [1.165, 1.54) is 44.9 Å². The Kier molecular flexibility index (Phi) is 27.6. The maximum Gasteiger partial charge on any atom is 0.328 e. The molecule has 0 aromatic carbocycles. The largest absolute Gasteiger partial charge is 0.480 e. The van der Waals surface area contributed by atoms with Gasteiger partial charge in [0.1, 0.15) is 12.1 Å². The first-order valence-electron chi connectivity index (χ1n) is 16.7. The van der Waals surface area contributed by atoms with Crippen molar-refractivity contribution < 1.29 is 34.1 Å². The topological polar surface area (TPSA) is 142 Å². The van der Waals surface area contributed by atoms with Crippen LogP contribution < -0.4 is 10.6 Å². The lowest BCUT2D eigenvalue weighted by molar-refractivity contribution is -0.150. The summed E-state index contributed by atoms with van der Waals surface area (Å²) in [6, 6.07) is -1.39. The van der Waals surface area contributed by atoms with Crippen molar-refractivity contribution in [3.63, 3.8) is 0 Å². The molecule has 0 radical (unpaired) electrons. The molecule has 9 heteroatoms. The Balaban J connectivity index is 3.84. The summed E-state index contributed by atoms with van der Waals surface area (Å²) in [5, 5.41) is 22.3. The van der Waals surface area contributed by atoms with E-state index < -0.39 is 24.5 Å². The first kappa shape index (κ1) is 40.3. The molecule has 2 amide bonds. The van der Waals surface area contributed by atoms with Crippen molar-refractivity contribution in [2.24, 2.45) is 0 Å². The summed E-state index contributed by atoms with van der Waals surface area (Å²) in [6.07, 6.45) is 28.6. The van der Waals surface area contributed by atoms with Crippen LogP contribution in [0.4, 0.5) is 0 Å². The number of carboxylic acid groups (broad SMARTS) is 1. The highest BCUT2D eigenvalue weighted by Gasteiger charge is 2.19. The van der Waals surface area contributed by atoms with Gasteiger partial charge in [0.25, 0.3) is 0 Å². The summed E-state index contributed by atoms with van der Waals surface area (Å²) in [6.45, 7) is 3.25. The van der Waals surface area contributed by atoms with E-state index in [0.717, 1.165) is 64.2 Å². The van der Waals surface area contributed by atoms with Crippen molar-refractivity contribution >= 4 is 23.8 Å². The van der Waals surface area contributed by atoms with Crippen LogP contribution in [-0.2, 0) is 23.9 Å². The van der Waals surface area contributed by atoms with Crippen LogP contribution in [0.2, 0.25) is 0 Å². The van der Waals surface area contributed by atoms with Gasteiger partial charge in [-0.2, -0.15) is 0 Å². The Labute approximate surface area is 260 Å². The number of carboxylic acids is 1. The lowest BCUT2D eigenvalue weighted by Crippen LogP contribution is -2.47. The number of carbonyl (C=O) groups is 4. The Bertz CT molecular complexity index is 798. The number of ether oxygens (including phenoxy) is 1. The molecular formula is C34H60N2O7. The second-order valence-electron chi connectivity index (χ2n) is 11.3. The van der Waals surface area contributed by atoms with Crippen LogP contribution >= 0.6 is 0 Å². The minimum atomic E-state index is -1.39. The third-order valence-corrected chi connectivity index (χ3v) is 7.18. The van der Waals surface area contributed by atoms with Crippen molar-refractivity contribution in [1.82, 2.24) is 10.6 Å². The number of aliphatic carboxylic acids is 1. The van der Waals surface area contributed by atoms with Gasteiger partial charge in [0.15, 0.2) is 0 Å². The van der Waals surface area contributed by atoms with Crippen LogP contribution in [-0.4, -0.2) is 59.3 Å². The van der Waals surface area contributed by atoms with E-state index in [0.29, 0.717) is 12.8 Å². The fraction of sp³-hybridized carbons (Fsp3) is 0.765. The smallest absolute Gasteiger partial charge is 0.328 e. The van der Waals surface area contributed by atoms with Gasteiger partial charge >= 0.3 is 11.9 Å². The molecule has 2 unspecified atom stereocenters. The number of rotatable bonds is 29. The number of carbonyl (C=O) groups excluding carboxylic acids is 3. The number of allylic oxidation sites excluding steroid dienone is 4. The molecule has 0 aliphatic rings. The SMILES string of the molecule is CCCCCC/C=C\C/C=C\CCCCCCCC(=O)OC(CCC)CCCCCC(=O)NCC(=O)NC(CO)C(=O)O. The maximum atomic E-state index is 12.3. The first-order valence-corrected chi connectivity index (χ1v) is 16.7. The van der Waals surface area contributed by atoms with Gasteiger partial charge in [-0.25, -0.2) is 4.79 Å². The van der Waals surface area contributed by atoms with Crippen LogP contribution in [0.25, 0.3) is 0 Å². The number of amides is 2. The monoisotopic (exact) mass is 608 g/mol. The summed E-state index contributed by atoms with van der Waals surface area (Å²) in [7, 11) is 0. The third-order valence-electron chi connectivity index (χ3n) is 7.18. The van der Waals surface area contributed by atoms with Gasteiger partial charge in [0, 0.05) is 12.8 Å². The van der Waals surface area contributed by atoms with Gasteiger partial charge in [0.05, 0.1) is 13.2 Å². The molecule has 0 aliphatic heterocycles. The second-order valence-corrected chi connectivity index (χ2v) is 11.3. The van der Waals surface area contributed by atoms with Gasteiger partial charge in [-0.1, -0.05) is 89.5 Å². The molecule has 0 spiro atoms. The molecule has 0 rings (SSSR count). The van der Waals surface area contributed by atoms with Gasteiger partial charge in [-0.05, 0) is 64.2 Å². The quantitative estimate of drug-likeness (QED) is 0.0430. The number of aliphatic hydroxyl groups is 1. The molecule has 0 fully saturated rings. The molecular weight excluding hydrogens is 548 g/mol. The van der Waals surface area contributed by atoms with E-state index in [2.05, 4.69) is 48.8 Å². The number of aliphatic hydroxyl groups excluding tert-OH is 1. The zero-order valence-corrected chi connectivity index (χ0v) is 27.0. The Morgan fingerprint density at radius 2 is 1.30 bits per heavy atom. The number of hydrogen-bond acceptors (Lipinski definition) is 6. The first-order chi connectivity index (χ1) is 20.8. The van der Waals surface area contributed by atoms with Crippen LogP contribution in [0, 0.1) is 0 Å². The number of hydrogen-bond donors (Lipinski definition) is 4. The van der Waals surface area contributed by atoms with Crippen LogP contribution in [0.3, 0.4) is 0 Å². The van der Waals surface area contributed by atoms with Crippen molar-refractivity contribution in [3.8, 4) is 0 Å². The van der Waals surface area contributed by atoms with E-state index in [1.54, 1.807) is 0 Å². The number of nitrogens with one attached hydrogen (secondary N) is 2. The average molecular weight is 609 g/mol. The summed E-state index contributed by atoms with van der Waals surface area (Å²) < 4.78 is 5.73. The summed E-state index contributed by atoms with van der Waals surface area (Å²) in [4.78, 5) is 46.8. The molecule has 43 heavy (non-hydrogen) atoms. The Morgan fingerprint density at radius 3 is 1.93 bits per heavy atom. The van der Waals surface area contributed by atoms with E-state index in [-0.39, 0.29) is 30.9 Å². The van der Waals surface area contributed by atoms with E-state index in [4.69, 9.17) is 14.9 Å². The van der Waals surface area contributed by atoms with Crippen LogP contribution in [0.1, 0.15) is 142 Å². The molecule has 0 aliphatic carbocycles. The highest BCUT2D eigenvalue weighted by atomic mass is 16.5. The molecule has 2 atom stereocenters. The summed E-state index contributed by atoms with van der Waals surface area (Å²) in [5.41, 5.74) is 0. The zero-order valence-electron chi connectivity index (χ0n) is 27.0. The highest BCUT2D eigenvalue weighted by Crippen LogP contribution is 2.15. The minimum absolute atomic E-state index is 0.0913. The fourth-order valence-corrected chi connectivity index (χ4v) is 4.62. The van der Waals surface area contributed by atoms with Gasteiger partial charge < -0.3 is 25.6 Å². The van der Waals surface area contributed by atoms with Crippen molar-refractivity contribution in [3.05, 3.63) is 24.3 Å². The molecule has 0 aromatic rings. The van der Waals surface area contributed by atoms with Crippen LogP contribution in [0.15, 0.2) is 24.3 Å². The maximum absolute atomic E-state index is 12.3. The van der Waals surface area contributed by atoms with Crippen LogP contribution in [0.5, 0.6) is 0 Å². The molecule has 0 saturated carbocycles. The molecule has 0 saturated heterocycles. The highest BCUT2D eigenvalue weighted by molar-refractivity contribution is 5.87. The van der Waals surface area contributed by atoms with Gasteiger partial charge in [-0.15, -0.1) is 0 Å². The predicted octanol–water partition coefficient (Wildman–Crippen LogP) is 6.53. The molecule has 248 valence electrons. The molecule has 0 bridgehead atoms. The third kappa shape index (κ3) is 26.7. The van der Waals surface area contributed by atoms with Gasteiger partial charge in [0.2, 0.25) is 11.8 Å². The standard InChI is InChI=1S/C34H60N2O7/c1-3-5-6-7-8-9-10-11-12-13-14-15-16-17-18-22-26-33(40)43-29(23-4-2)24-20-19-21-25-31(38)35-27-32(39)36-30(28-37)34(41)42/h9-10,12-13,29-30,37H,3-8,11,14-28H2,1-2H3,(H,35,38)(H,36,39)(H,41,42)/b10-9-,13-12-. The van der Waals surface area contributed by atoms with E-state index >= 15 is 0 Å². The number of esters is 1. The normalized spacial score (nSPS) is 12.8. The minimum Gasteiger partial charge on any atom is -0.480 e. The summed E-state index contributed by atoms with van der Waals surface area (Å²) >= 11 is 0. The van der Waals surface area contributed by atoms with Crippen molar-refractivity contribution in [2.75, 3.05) is 13.2 Å². The average Bonchev–Trinajstić information content (AvgIpc) is 2.98. The van der Waals surface area contributed by atoms with Crippen molar-refractivity contribution in [2.45, 2.75) is 154 Å². The number of unbranched alkanes of at least 4 members (excludes halogenated alkanes) is 11. The fourth-order valence-electron chi connectivity index (χ4n) is 4.62. The lowest BCUT2D eigenvalue weighted by atomic mass is 10.1. The van der Waals surface area contributed by atoms with E-state index in [1.807, 2.05) is 0 Å². The predicted molar refractivity (Wildman–Crippen MR) is 172 cm³/mol. The Morgan fingerprint density at radius 1 is 0.698 bits per heavy atom. The molecule has 9 nitrogen and oxygen atoms in total. The molecule has 0 aromatic heterocycles. The lowest BCUT2D eigenvalue weighted by Gasteiger charge is -2.17. The van der Waals surface area contributed by atoms with Gasteiger partial charge in [-0.3, -0.25) is 14.4 Å². The van der Waals surface area contributed by atoms with E-state index in [9.17, 15) is 19.2 Å².